The normalized spacial score (nSPS) is 14.0. The second kappa shape index (κ2) is 5.94. The van der Waals surface area contributed by atoms with Crippen molar-refractivity contribution in [2.45, 2.75) is 6.18 Å². The molecule has 0 saturated carbocycles. The number of ether oxygens (including phenoxy) is 2. The number of fused-ring (bicyclic) bond motifs is 1. The second-order valence-corrected chi connectivity index (χ2v) is 4.84. The molecular weight excluding hydrogens is 355 g/mol. The van der Waals surface area contributed by atoms with Gasteiger partial charge in [-0.15, -0.1) is 0 Å². The van der Waals surface area contributed by atoms with Gasteiger partial charge >= 0.3 is 19.3 Å². The van der Waals surface area contributed by atoms with Crippen LogP contribution in [0.2, 0.25) is 10.0 Å². The summed E-state index contributed by atoms with van der Waals surface area (Å²) >= 11 is 11.6. The van der Waals surface area contributed by atoms with Crippen molar-refractivity contribution in [3.63, 3.8) is 0 Å². The van der Waals surface area contributed by atoms with E-state index in [0.717, 1.165) is 0 Å². The topological polar surface area (TPSA) is 85.2 Å². The van der Waals surface area contributed by atoms with Crippen molar-refractivity contribution >= 4 is 36.3 Å². The molecule has 0 aromatic heterocycles. The van der Waals surface area contributed by atoms with Crippen LogP contribution in [-0.2, 0) is 0 Å². The Balaban J connectivity index is 2.59. The fraction of sp³-hybridized carbons (Fsp3) is 0.300. The third-order valence-corrected chi connectivity index (χ3v) is 3.29. The second-order valence-electron chi connectivity index (χ2n) is 4.08. The maximum absolute atomic E-state index is 12.3. The number of carboxylic acids is 1. The van der Waals surface area contributed by atoms with Crippen molar-refractivity contribution in [1.82, 2.24) is 0 Å². The van der Waals surface area contributed by atoms with Gasteiger partial charge in [-0.1, -0.05) is 23.2 Å². The first-order valence-corrected chi connectivity index (χ1v) is 6.32. The highest BCUT2D eigenvalue weighted by molar-refractivity contribution is 6.47. The van der Waals surface area contributed by atoms with Gasteiger partial charge in [0.1, 0.15) is 22.1 Å². The van der Waals surface area contributed by atoms with Crippen LogP contribution in [-0.4, -0.2) is 42.5 Å². The zero-order valence-corrected chi connectivity index (χ0v) is 11.9. The summed E-state index contributed by atoms with van der Waals surface area (Å²) in [5.74, 6) is -3.37. The van der Waals surface area contributed by atoms with E-state index in [2.05, 4.69) is 4.74 Å². The Labute approximate surface area is 131 Å². The summed E-state index contributed by atoms with van der Waals surface area (Å²) in [6.45, 7) is -2.14. The number of halogens is 5. The molecule has 1 aromatic rings. The Morgan fingerprint density at radius 3 is 2.50 bits per heavy atom. The van der Waals surface area contributed by atoms with Crippen molar-refractivity contribution in [2.75, 3.05) is 13.1 Å². The molecule has 0 amide bonds. The first-order chi connectivity index (χ1) is 10.1. The SMILES string of the molecule is O=C(O)c1c(OCC(F)(F)F)c(Cl)c(Cl)c2c1OB(O)CO2. The molecule has 0 radical (unpaired) electrons. The molecule has 1 aliphatic heterocycles. The maximum atomic E-state index is 12.3. The third kappa shape index (κ3) is 3.28. The first-order valence-electron chi connectivity index (χ1n) is 5.57. The molecule has 0 fully saturated rings. The highest BCUT2D eigenvalue weighted by Crippen LogP contribution is 2.51. The van der Waals surface area contributed by atoms with Crippen LogP contribution in [0.5, 0.6) is 17.2 Å². The van der Waals surface area contributed by atoms with Crippen LogP contribution >= 0.6 is 23.2 Å². The maximum Gasteiger partial charge on any atom is 0.563 e. The standard InChI is InChI=1S/C10H6BCl2F3O6/c12-4-5(13)8-7(22-11(19)2-21-8)3(9(17)18)6(4)20-1-10(14,15)16/h19H,1-2H2,(H,17,18). The Hall–Kier alpha value is -1.52. The number of rotatable bonds is 3. The average Bonchev–Trinajstić information content (AvgIpc) is 2.39. The minimum absolute atomic E-state index is 0.297. The molecule has 2 rings (SSSR count). The van der Waals surface area contributed by atoms with Gasteiger partial charge in [-0.25, -0.2) is 4.79 Å². The van der Waals surface area contributed by atoms with Gasteiger partial charge < -0.3 is 24.3 Å². The van der Waals surface area contributed by atoms with Gasteiger partial charge in [0, 0.05) is 0 Å². The highest BCUT2D eigenvalue weighted by Gasteiger charge is 2.37. The largest absolute Gasteiger partial charge is 0.563 e. The number of carbonyl (C=O) groups is 1. The van der Waals surface area contributed by atoms with Crippen molar-refractivity contribution in [2.24, 2.45) is 0 Å². The number of alkyl halides is 3. The van der Waals surface area contributed by atoms with Crippen LogP contribution in [0, 0.1) is 0 Å². The molecule has 0 spiro atoms. The van der Waals surface area contributed by atoms with Crippen LogP contribution in [0.15, 0.2) is 0 Å². The lowest BCUT2D eigenvalue weighted by atomic mass is 9.91. The number of benzene rings is 1. The van der Waals surface area contributed by atoms with Gasteiger partial charge in [0.2, 0.25) is 0 Å². The lowest BCUT2D eigenvalue weighted by Gasteiger charge is -2.25. The molecular formula is C10H6BCl2F3O6. The fourth-order valence-electron chi connectivity index (χ4n) is 1.68. The quantitative estimate of drug-likeness (QED) is 0.805. The van der Waals surface area contributed by atoms with Gasteiger partial charge in [-0.2, -0.15) is 13.2 Å². The third-order valence-electron chi connectivity index (χ3n) is 2.47. The molecule has 1 aromatic carbocycles. The van der Waals surface area contributed by atoms with Crippen molar-refractivity contribution in [1.29, 1.82) is 0 Å². The van der Waals surface area contributed by atoms with Crippen LogP contribution < -0.4 is 14.1 Å². The van der Waals surface area contributed by atoms with E-state index >= 15 is 0 Å². The van der Waals surface area contributed by atoms with Crippen LogP contribution in [0.3, 0.4) is 0 Å². The average molecular weight is 361 g/mol. The van der Waals surface area contributed by atoms with Gasteiger partial charge in [0.05, 0.1) is 0 Å². The van der Waals surface area contributed by atoms with Crippen molar-refractivity contribution < 1.29 is 42.2 Å². The predicted octanol–water partition coefficient (Wildman–Crippen LogP) is 2.42. The van der Waals surface area contributed by atoms with E-state index in [1.165, 1.54) is 0 Å². The fourth-order valence-corrected chi connectivity index (χ4v) is 2.14. The van der Waals surface area contributed by atoms with Crippen molar-refractivity contribution in [3.8, 4) is 17.2 Å². The van der Waals surface area contributed by atoms with Gasteiger partial charge in [0.25, 0.3) is 0 Å². The molecule has 0 bridgehead atoms. The molecule has 2 N–H and O–H groups in total. The molecule has 12 heteroatoms. The summed E-state index contributed by atoms with van der Waals surface area (Å²) in [5, 5.41) is 17.6. The first kappa shape index (κ1) is 16.8. The van der Waals surface area contributed by atoms with Crippen molar-refractivity contribution in [3.05, 3.63) is 15.6 Å². The lowest BCUT2D eigenvalue weighted by Crippen LogP contribution is -2.35. The molecule has 120 valence electrons. The molecule has 0 saturated heterocycles. The summed E-state index contributed by atoms with van der Waals surface area (Å²) in [4.78, 5) is 11.3. The molecule has 0 aliphatic carbocycles. The van der Waals surface area contributed by atoms with E-state index in [-0.39, 0.29) is 17.3 Å². The highest BCUT2D eigenvalue weighted by atomic mass is 35.5. The Bertz CT molecular complexity index is 624. The Morgan fingerprint density at radius 1 is 1.32 bits per heavy atom. The molecule has 22 heavy (non-hydrogen) atoms. The predicted molar refractivity (Wildman–Crippen MR) is 69.1 cm³/mol. The number of carboxylic acid groups (broad SMARTS) is 1. The zero-order valence-electron chi connectivity index (χ0n) is 10.4. The minimum Gasteiger partial charge on any atom is -0.531 e. The minimum atomic E-state index is -4.72. The van der Waals surface area contributed by atoms with Gasteiger partial charge in [0.15, 0.2) is 23.9 Å². The summed E-state index contributed by atoms with van der Waals surface area (Å²) in [7, 11) is -1.52. The number of hydrogen-bond acceptors (Lipinski definition) is 5. The van der Waals surface area contributed by atoms with Gasteiger partial charge in [-0.3, -0.25) is 0 Å². The number of aromatic carboxylic acids is 1. The van der Waals surface area contributed by atoms with E-state index in [0.29, 0.717) is 0 Å². The van der Waals surface area contributed by atoms with E-state index in [4.69, 9.17) is 32.6 Å². The van der Waals surface area contributed by atoms with Crippen LogP contribution in [0.4, 0.5) is 13.2 Å². The molecule has 1 heterocycles. The van der Waals surface area contributed by atoms with E-state index in [9.17, 15) is 28.1 Å². The van der Waals surface area contributed by atoms with Crippen LogP contribution in [0.1, 0.15) is 10.4 Å². The van der Waals surface area contributed by atoms with Crippen LogP contribution in [0.25, 0.3) is 0 Å². The Morgan fingerprint density at radius 2 is 1.95 bits per heavy atom. The smallest absolute Gasteiger partial charge is 0.531 e. The number of hydrogen-bond donors (Lipinski definition) is 2. The summed E-state index contributed by atoms with van der Waals surface area (Å²) in [6.07, 6.45) is -4.72. The zero-order chi connectivity index (χ0) is 16.7. The van der Waals surface area contributed by atoms with E-state index < -0.39 is 48.0 Å². The molecule has 6 nitrogen and oxygen atoms in total. The summed E-state index contributed by atoms with van der Waals surface area (Å²) in [6, 6.07) is 0. The van der Waals surface area contributed by atoms with Gasteiger partial charge in [-0.05, 0) is 0 Å². The Kier molecular flexibility index (Phi) is 4.55. The molecule has 0 unspecified atom stereocenters. The monoisotopic (exact) mass is 360 g/mol. The van der Waals surface area contributed by atoms with E-state index in [1.807, 2.05) is 0 Å². The molecule has 1 aliphatic rings. The summed E-state index contributed by atoms with van der Waals surface area (Å²) < 4.78 is 51.1. The summed E-state index contributed by atoms with van der Waals surface area (Å²) in [5.41, 5.74) is -0.826. The molecule has 0 atom stereocenters. The lowest BCUT2D eigenvalue weighted by molar-refractivity contribution is -0.153. The van der Waals surface area contributed by atoms with E-state index in [1.54, 1.807) is 0 Å².